The summed E-state index contributed by atoms with van der Waals surface area (Å²) in [6.45, 7) is 11.8. The van der Waals surface area contributed by atoms with Gasteiger partial charge in [-0.05, 0) is 51.1 Å². The molecule has 0 bridgehead atoms. The molecular weight excluding hydrogens is 496 g/mol. The van der Waals surface area contributed by atoms with Crippen molar-refractivity contribution in [2.75, 3.05) is 0 Å². The third-order valence-electron chi connectivity index (χ3n) is 9.64. The largest absolute Gasteiger partial charge is 0.205 e. The molecule has 4 aromatic carbocycles. The van der Waals surface area contributed by atoms with Crippen molar-refractivity contribution in [3.8, 4) is 22.3 Å². The summed E-state index contributed by atoms with van der Waals surface area (Å²) in [4.78, 5) is 0. The lowest BCUT2D eigenvalue weighted by molar-refractivity contribution is -0.822. The Hall–Kier alpha value is -3.91. The number of nitrogens with zero attached hydrogens (tertiary/aromatic N) is 2. The number of benzene rings is 4. The van der Waals surface area contributed by atoms with Crippen LogP contribution in [0.15, 0.2) is 97.2 Å². The van der Waals surface area contributed by atoms with E-state index in [0.29, 0.717) is 0 Å². The van der Waals surface area contributed by atoms with E-state index in [1.54, 1.807) is 0 Å². The zero-order chi connectivity index (χ0) is 28.4. The van der Waals surface area contributed by atoms with Crippen LogP contribution in [0.4, 0.5) is 0 Å². The maximum Gasteiger partial charge on any atom is 0.205 e. The molecule has 0 amide bonds. The first-order valence-corrected chi connectivity index (χ1v) is 15.5. The van der Waals surface area contributed by atoms with E-state index in [0.717, 1.165) is 12.8 Å². The van der Waals surface area contributed by atoms with Crippen LogP contribution in [0.25, 0.3) is 49.4 Å². The topological polar surface area (TPSA) is 8.29 Å². The van der Waals surface area contributed by atoms with Crippen molar-refractivity contribution in [1.29, 1.82) is 0 Å². The molecule has 1 aliphatic rings. The Kier molecular flexibility index (Phi) is 6.08. The van der Waals surface area contributed by atoms with E-state index < -0.39 is 0 Å². The Morgan fingerprint density at radius 1 is 0.732 bits per heavy atom. The number of aromatic nitrogens is 2. The van der Waals surface area contributed by atoms with Crippen LogP contribution in [0, 0.1) is 0 Å². The molecular formula is C39H41N2+. The summed E-state index contributed by atoms with van der Waals surface area (Å²) >= 11 is 0. The maximum absolute atomic E-state index is 2.65. The van der Waals surface area contributed by atoms with Gasteiger partial charge in [-0.15, -0.1) is 9.20 Å². The van der Waals surface area contributed by atoms with Gasteiger partial charge in [-0.2, -0.15) is 0 Å². The summed E-state index contributed by atoms with van der Waals surface area (Å²) < 4.78 is 5.26. The average molecular weight is 538 g/mol. The quantitative estimate of drug-likeness (QED) is 0.148. The van der Waals surface area contributed by atoms with Gasteiger partial charge in [0.1, 0.15) is 11.0 Å². The van der Waals surface area contributed by atoms with Crippen LogP contribution in [0.5, 0.6) is 0 Å². The molecule has 0 aliphatic carbocycles. The van der Waals surface area contributed by atoms with Gasteiger partial charge < -0.3 is 0 Å². The highest BCUT2D eigenvalue weighted by molar-refractivity contribution is 6.16. The summed E-state index contributed by atoms with van der Waals surface area (Å²) in [6.07, 6.45) is 8.32. The van der Waals surface area contributed by atoms with Crippen LogP contribution >= 0.6 is 0 Å². The number of hydrogen-bond donors (Lipinski definition) is 0. The van der Waals surface area contributed by atoms with Crippen LogP contribution < -0.4 is 4.68 Å². The molecule has 2 heteroatoms. The molecule has 1 unspecified atom stereocenters. The van der Waals surface area contributed by atoms with E-state index in [9.17, 15) is 0 Å². The lowest BCUT2D eigenvalue weighted by atomic mass is 9.78. The monoisotopic (exact) mass is 537 g/mol. The molecule has 41 heavy (non-hydrogen) atoms. The molecule has 0 saturated heterocycles. The molecule has 0 N–H and O–H groups in total. The predicted octanol–water partition coefficient (Wildman–Crippen LogP) is 10.0. The van der Waals surface area contributed by atoms with Crippen LogP contribution in [0.3, 0.4) is 0 Å². The summed E-state index contributed by atoms with van der Waals surface area (Å²) in [5.41, 5.74) is 10.9. The smallest absolute Gasteiger partial charge is 0.118 e. The third kappa shape index (κ3) is 4.02. The number of unbranched alkanes of at least 4 members (excludes halogenated alkanes) is 1. The van der Waals surface area contributed by atoms with E-state index in [4.69, 9.17) is 0 Å². The molecule has 1 atom stereocenters. The van der Waals surface area contributed by atoms with E-state index >= 15 is 0 Å². The van der Waals surface area contributed by atoms with Gasteiger partial charge in [-0.3, -0.25) is 0 Å². The van der Waals surface area contributed by atoms with Gasteiger partial charge in [0.25, 0.3) is 0 Å². The van der Waals surface area contributed by atoms with Crippen LogP contribution in [0.1, 0.15) is 71.4 Å². The zero-order valence-electron chi connectivity index (χ0n) is 25.2. The standard InChI is InChI=1S/C39H41N2/c1-6-8-22-39(7-2)25-30-23-31(38(3,4)5)24-34-32-16-12-13-17-33(32)37-35(26-40(39)41(37)36(30)34)29-20-18-28(19-21-29)27-14-10-9-11-15-27/h9-21,23-24,26H,6-8,22,25H2,1-5H3/q+1. The first-order valence-electron chi connectivity index (χ1n) is 15.5. The highest BCUT2D eigenvalue weighted by atomic mass is 15.4. The summed E-state index contributed by atoms with van der Waals surface area (Å²) in [6, 6.07) is 34.0. The van der Waals surface area contributed by atoms with Crippen molar-refractivity contribution >= 4 is 27.2 Å². The van der Waals surface area contributed by atoms with E-state index in [2.05, 4.69) is 141 Å². The molecule has 2 nitrogen and oxygen atoms in total. The summed E-state index contributed by atoms with van der Waals surface area (Å²) in [7, 11) is 0. The second-order valence-electron chi connectivity index (χ2n) is 13.2. The minimum atomic E-state index is 0.0556. The fourth-order valence-corrected chi connectivity index (χ4v) is 7.23. The summed E-state index contributed by atoms with van der Waals surface area (Å²) in [5.74, 6) is 0. The third-order valence-corrected chi connectivity index (χ3v) is 9.64. The lowest BCUT2D eigenvalue weighted by Crippen LogP contribution is -2.62. The minimum absolute atomic E-state index is 0.0556. The van der Waals surface area contributed by atoms with Gasteiger partial charge in [0.05, 0.1) is 5.56 Å². The van der Waals surface area contributed by atoms with Crippen molar-refractivity contribution in [1.82, 2.24) is 4.52 Å². The molecule has 6 aromatic rings. The van der Waals surface area contributed by atoms with Gasteiger partial charge in [0.2, 0.25) is 6.20 Å². The normalized spacial score (nSPS) is 16.8. The van der Waals surface area contributed by atoms with Crippen molar-refractivity contribution in [3.05, 3.63) is 108 Å². The van der Waals surface area contributed by atoms with Crippen molar-refractivity contribution in [2.24, 2.45) is 0 Å². The highest BCUT2D eigenvalue weighted by Gasteiger charge is 2.46. The Morgan fingerprint density at radius 2 is 1.39 bits per heavy atom. The Labute approximate surface area is 244 Å². The van der Waals surface area contributed by atoms with E-state index in [1.807, 2.05) is 0 Å². The number of pyridine rings is 1. The van der Waals surface area contributed by atoms with Gasteiger partial charge in [0.15, 0.2) is 5.54 Å². The SMILES string of the molecule is CCCCC1(CC)Cc2cc(C(C)(C)C)cc3c4ccccc4c4c(-c5ccc(-c6ccccc6)cc5)c[n+]1n4c23. The molecule has 206 valence electrons. The Bertz CT molecular complexity index is 1900. The maximum atomic E-state index is 2.65. The minimum Gasteiger partial charge on any atom is -0.118 e. The van der Waals surface area contributed by atoms with Gasteiger partial charge >= 0.3 is 0 Å². The molecule has 0 radical (unpaired) electrons. The second-order valence-corrected chi connectivity index (χ2v) is 13.2. The molecule has 7 rings (SSSR count). The lowest BCUT2D eigenvalue weighted by Gasteiger charge is -2.32. The van der Waals surface area contributed by atoms with Crippen LogP contribution in [-0.4, -0.2) is 4.52 Å². The Morgan fingerprint density at radius 3 is 2.07 bits per heavy atom. The van der Waals surface area contributed by atoms with Crippen molar-refractivity contribution in [2.45, 2.75) is 77.7 Å². The highest BCUT2D eigenvalue weighted by Crippen LogP contribution is 2.43. The summed E-state index contributed by atoms with van der Waals surface area (Å²) in [5, 5.41) is 4.07. The second kappa shape index (κ2) is 9.58. The Balaban J connectivity index is 1.58. The van der Waals surface area contributed by atoms with Gasteiger partial charge in [-0.1, -0.05) is 126 Å². The van der Waals surface area contributed by atoms with E-state index in [1.165, 1.54) is 79.8 Å². The average Bonchev–Trinajstić information content (AvgIpc) is 3.41. The van der Waals surface area contributed by atoms with Crippen molar-refractivity contribution < 1.29 is 4.68 Å². The zero-order valence-corrected chi connectivity index (χ0v) is 25.2. The van der Waals surface area contributed by atoms with Gasteiger partial charge in [0, 0.05) is 30.0 Å². The molecule has 2 aromatic heterocycles. The van der Waals surface area contributed by atoms with Gasteiger partial charge in [-0.25, -0.2) is 0 Å². The van der Waals surface area contributed by atoms with Crippen LogP contribution in [-0.2, 0) is 17.4 Å². The number of hydrogen-bond acceptors (Lipinski definition) is 0. The molecule has 1 aliphatic heterocycles. The fourth-order valence-electron chi connectivity index (χ4n) is 7.23. The number of fused-ring (bicyclic) bond motifs is 3. The van der Waals surface area contributed by atoms with Crippen molar-refractivity contribution in [3.63, 3.8) is 0 Å². The van der Waals surface area contributed by atoms with Crippen LogP contribution in [0.2, 0.25) is 0 Å². The molecule has 0 fully saturated rings. The number of rotatable bonds is 6. The fraction of sp³-hybridized carbons (Fsp3) is 0.308. The molecule has 0 spiro atoms. The molecule has 0 saturated carbocycles. The molecule has 3 heterocycles. The predicted molar refractivity (Wildman–Crippen MR) is 174 cm³/mol. The van der Waals surface area contributed by atoms with E-state index in [-0.39, 0.29) is 11.0 Å². The first-order chi connectivity index (χ1) is 19.8. The first kappa shape index (κ1) is 26.0.